The third-order valence-electron chi connectivity index (χ3n) is 3.96. The van der Waals surface area contributed by atoms with Crippen LogP contribution in [0.1, 0.15) is 18.5 Å². The van der Waals surface area contributed by atoms with Gasteiger partial charge < -0.3 is 20.3 Å². The molecule has 0 aliphatic carbocycles. The number of pyridine rings is 1. The monoisotopic (exact) mass is 301 g/mol. The van der Waals surface area contributed by atoms with Crippen LogP contribution in [0.15, 0.2) is 18.3 Å². The maximum absolute atomic E-state index is 12.2. The molecule has 0 unspecified atom stereocenters. The van der Waals surface area contributed by atoms with Crippen LogP contribution >= 0.6 is 0 Å². The summed E-state index contributed by atoms with van der Waals surface area (Å²) in [6.45, 7) is 1.54. The van der Waals surface area contributed by atoms with E-state index in [1.165, 1.54) is 6.20 Å². The van der Waals surface area contributed by atoms with E-state index in [-0.39, 0.29) is 12.1 Å². The van der Waals surface area contributed by atoms with Gasteiger partial charge in [-0.3, -0.25) is 0 Å². The molecule has 0 radical (unpaired) electrons. The van der Waals surface area contributed by atoms with Crippen LogP contribution in [0.25, 0.3) is 0 Å². The number of nitrogens with zero attached hydrogens (tertiary/aromatic N) is 3. The minimum atomic E-state index is -0.468. The molecule has 2 fully saturated rings. The minimum absolute atomic E-state index is 0.223. The highest BCUT2D eigenvalue weighted by Gasteiger charge is 2.43. The highest BCUT2D eigenvalue weighted by molar-refractivity contribution is 5.89. The summed E-state index contributed by atoms with van der Waals surface area (Å²) in [4.78, 5) is 28.9. The van der Waals surface area contributed by atoms with Crippen molar-refractivity contribution in [1.29, 1.82) is 5.26 Å². The molecule has 0 atom stereocenters. The highest BCUT2D eigenvalue weighted by atomic mass is 16.6. The third kappa shape index (κ3) is 2.79. The smallest absolute Gasteiger partial charge is 0.407 e. The number of ether oxygens (including phenoxy) is 1. The first-order chi connectivity index (χ1) is 10.6. The van der Waals surface area contributed by atoms with E-state index in [4.69, 9.17) is 10.00 Å². The third-order valence-corrected chi connectivity index (χ3v) is 3.96. The Morgan fingerprint density at radius 2 is 2.23 bits per heavy atom. The van der Waals surface area contributed by atoms with Gasteiger partial charge in [-0.2, -0.15) is 5.26 Å². The number of anilines is 1. The van der Waals surface area contributed by atoms with Crippen molar-refractivity contribution in [3.63, 3.8) is 0 Å². The van der Waals surface area contributed by atoms with Crippen molar-refractivity contribution >= 4 is 17.8 Å². The molecule has 3 amide bonds. The van der Waals surface area contributed by atoms with Crippen LogP contribution < -0.4 is 10.6 Å². The molecule has 0 saturated carbocycles. The molecule has 0 aromatic carbocycles. The van der Waals surface area contributed by atoms with E-state index in [9.17, 15) is 9.59 Å². The first-order valence-electron chi connectivity index (χ1n) is 6.99. The summed E-state index contributed by atoms with van der Waals surface area (Å²) in [5.74, 6) is 0. The number of aromatic nitrogens is 1. The van der Waals surface area contributed by atoms with Crippen molar-refractivity contribution < 1.29 is 14.3 Å². The Hall–Kier alpha value is -2.82. The van der Waals surface area contributed by atoms with Crippen LogP contribution in [0, 0.1) is 11.3 Å². The van der Waals surface area contributed by atoms with Crippen molar-refractivity contribution in [2.24, 2.45) is 0 Å². The second-order valence-corrected chi connectivity index (χ2v) is 5.39. The van der Waals surface area contributed by atoms with Crippen LogP contribution in [-0.2, 0) is 4.74 Å². The van der Waals surface area contributed by atoms with Crippen molar-refractivity contribution in [3.05, 3.63) is 24.0 Å². The van der Waals surface area contributed by atoms with E-state index in [1.807, 2.05) is 6.07 Å². The van der Waals surface area contributed by atoms with Gasteiger partial charge in [0.15, 0.2) is 0 Å². The van der Waals surface area contributed by atoms with Gasteiger partial charge in [0, 0.05) is 25.9 Å². The molecule has 2 N–H and O–H groups in total. The molecule has 3 heterocycles. The number of likely N-dealkylation sites (tertiary alicyclic amines) is 1. The molecule has 2 saturated heterocycles. The molecular formula is C14H15N5O3. The number of urea groups is 1. The summed E-state index contributed by atoms with van der Waals surface area (Å²) >= 11 is 0. The van der Waals surface area contributed by atoms with E-state index in [2.05, 4.69) is 15.6 Å². The summed E-state index contributed by atoms with van der Waals surface area (Å²) in [5.41, 5.74) is 0.371. The second-order valence-electron chi connectivity index (χ2n) is 5.39. The Morgan fingerprint density at radius 1 is 1.45 bits per heavy atom. The largest absolute Gasteiger partial charge is 0.441 e. The van der Waals surface area contributed by atoms with Crippen LogP contribution in [0.2, 0.25) is 0 Å². The lowest BCUT2D eigenvalue weighted by molar-refractivity contribution is 0.0110. The van der Waals surface area contributed by atoms with E-state index in [0.29, 0.717) is 43.9 Å². The quantitative estimate of drug-likeness (QED) is 0.806. The summed E-state index contributed by atoms with van der Waals surface area (Å²) in [6.07, 6.45) is 2.29. The Morgan fingerprint density at radius 3 is 2.77 bits per heavy atom. The van der Waals surface area contributed by atoms with Crippen molar-refractivity contribution in [3.8, 4) is 6.07 Å². The highest BCUT2D eigenvalue weighted by Crippen LogP contribution is 2.29. The number of amides is 3. The number of nitriles is 1. The zero-order chi connectivity index (χ0) is 15.6. The number of carbonyl (C=O) groups excluding carboxylic acids is 2. The van der Waals surface area contributed by atoms with Gasteiger partial charge in [0.05, 0.1) is 18.4 Å². The lowest BCUT2D eigenvalue weighted by Crippen LogP contribution is -2.49. The fourth-order valence-corrected chi connectivity index (χ4v) is 2.63. The SMILES string of the molecule is N#Cc1ccc(NC(=O)N2CCC3(CC2)CNC(=O)O3)cn1. The second kappa shape index (κ2) is 5.52. The van der Waals surface area contributed by atoms with Crippen LogP contribution in [-0.4, -0.2) is 47.2 Å². The molecule has 8 heteroatoms. The number of carbonyl (C=O) groups is 2. The van der Waals surface area contributed by atoms with Gasteiger partial charge in [0.25, 0.3) is 0 Å². The van der Waals surface area contributed by atoms with Gasteiger partial charge in [-0.05, 0) is 12.1 Å². The van der Waals surface area contributed by atoms with E-state index >= 15 is 0 Å². The summed E-state index contributed by atoms with van der Waals surface area (Å²) in [6, 6.07) is 4.88. The molecule has 1 aromatic rings. The van der Waals surface area contributed by atoms with Crippen molar-refractivity contribution in [2.75, 3.05) is 25.0 Å². The first kappa shape index (κ1) is 14.1. The molecule has 114 valence electrons. The number of hydrogen-bond donors (Lipinski definition) is 2. The number of hydrogen-bond acceptors (Lipinski definition) is 5. The molecule has 1 spiro atoms. The van der Waals surface area contributed by atoms with Gasteiger partial charge in [0.2, 0.25) is 0 Å². The Kier molecular flexibility index (Phi) is 3.55. The van der Waals surface area contributed by atoms with Gasteiger partial charge in [0.1, 0.15) is 17.4 Å². The fraction of sp³-hybridized carbons (Fsp3) is 0.429. The fourth-order valence-electron chi connectivity index (χ4n) is 2.63. The molecule has 1 aromatic heterocycles. The number of nitrogens with one attached hydrogen (secondary N) is 2. The molecule has 8 nitrogen and oxygen atoms in total. The number of rotatable bonds is 1. The lowest BCUT2D eigenvalue weighted by Gasteiger charge is -2.37. The normalized spacial score (nSPS) is 19.2. The minimum Gasteiger partial charge on any atom is -0.441 e. The first-order valence-corrected chi connectivity index (χ1v) is 6.99. The number of alkyl carbamates (subject to hydrolysis) is 1. The Bertz CT molecular complexity index is 629. The van der Waals surface area contributed by atoms with Crippen molar-refractivity contribution in [2.45, 2.75) is 18.4 Å². The average molecular weight is 301 g/mol. The molecule has 22 heavy (non-hydrogen) atoms. The van der Waals surface area contributed by atoms with Gasteiger partial charge in [-0.25, -0.2) is 14.6 Å². The van der Waals surface area contributed by atoms with Gasteiger partial charge in [-0.1, -0.05) is 0 Å². The van der Waals surface area contributed by atoms with Crippen LogP contribution in [0.4, 0.5) is 15.3 Å². The molecule has 2 aliphatic heterocycles. The van der Waals surface area contributed by atoms with Crippen LogP contribution in [0.3, 0.4) is 0 Å². The zero-order valence-corrected chi connectivity index (χ0v) is 11.8. The summed E-state index contributed by atoms with van der Waals surface area (Å²) in [7, 11) is 0. The standard InChI is InChI=1S/C14H15N5O3/c15-7-10-1-2-11(8-16-10)18-12(20)19-5-3-14(4-6-19)9-17-13(21)22-14/h1-2,8H,3-6,9H2,(H,17,21)(H,18,20). The predicted molar refractivity (Wildman–Crippen MR) is 76.0 cm³/mol. The lowest BCUT2D eigenvalue weighted by atomic mass is 9.92. The van der Waals surface area contributed by atoms with E-state index in [0.717, 1.165) is 0 Å². The Labute approximate surface area is 127 Å². The zero-order valence-electron chi connectivity index (χ0n) is 11.8. The van der Waals surface area contributed by atoms with Gasteiger partial charge in [-0.15, -0.1) is 0 Å². The Balaban J connectivity index is 1.55. The maximum Gasteiger partial charge on any atom is 0.407 e. The summed E-state index contributed by atoms with van der Waals surface area (Å²) < 4.78 is 5.31. The van der Waals surface area contributed by atoms with E-state index in [1.54, 1.807) is 17.0 Å². The van der Waals surface area contributed by atoms with E-state index < -0.39 is 5.60 Å². The summed E-state index contributed by atoms with van der Waals surface area (Å²) in [5, 5.41) is 14.1. The number of piperidine rings is 1. The maximum atomic E-state index is 12.2. The molecule has 0 bridgehead atoms. The van der Waals surface area contributed by atoms with Crippen LogP contribution in [0.5, 0.6) is 0 Å². The molecule has 3 rings (SSSR count). The molecular weight excluding hydrogens is 286 g/mol. The average Bonchev–Trinajstić information content (AvgIpc) is 2.89. The topological polar surface area (TPSA) is 107 Å². The predicted octanol–water partition coefficient (Wildman–Crippen LogP) is 1.06. The van der Waals surface area contributed by atoms with Gasteiger partial charge >= 0.3 is 12.1 Å². The van der Waals surface area contributed by atoms with Crippen molar-refractivity contribution in [1.82, 2.24) is 15.2 Å². The molecule has 2 aliphatic rings.